The van der Waals surface area contributed by atoms with E-state index in [-0.39, 0.29) is 11.6 Å². The van der Waals surface area contributed by atoms with E-state index in [2.05, 4.69) is 22.1 Å². The Morgan fingerprint density at radius 2 is 2.20 bits per heavy atom. The monoisotopic (exact) mass is 288 g/mol. The zero-order valence-corrected chi connectivity index (χ0v) is 11.4. The molecule has 1 aliphatic heterocycles. The third-order valence-electron chi connectivity index (χ3n) is 3.56. The van der Waals surface area contributed by atoms with E-state index in [1.165, 1.54) is 0 Å². The van der Waals surface area contributed by atoms with Gasteiger partial charge in [0.1, 0.15) is 11.6 Å². The molecule has 1 fully saturated rings. The first-order chi connectivity index (χ1) is 9.38. The van der Waals surface area contributed by atoms with Gasteiger partial charge in [0, 0.05) is 13.1 Å². The second kappa shape index (κ2) is 5.87. The summed E-state index contributed by atoms with van der Waals surface area (Å²) in [6.07, 6.45) is -3.35. The molecule has 1 aromatic heterocycles. The lowest BCUT2D eigenvalue weighted by Gasteiger charge is -2.15. The van der Waals surface area contributed by atoms with Crippen molar-refractivity contribution < 1.29 is 13.2 Å². The zero-order valence-electron chi connectivity index (χ0n) is 11.4. The minimum absolute atomic E-state index is 0.121. The maximum absolute atomic E-state index is 12.7. The molecule has 4 nitrogen and oxygen atoms in total. The highest BCUT2D eigenvalue weighted by molar-refractivity contribution is 5.47. The Morgan fingerprint density at radius 1 is 1.45 bits per heavy atom. The summed E-state index contributed by atoms with van der Waals surface area (Å²) in [6.45, 7) is 5.74. The van der Waals surface area contributed by atoms with Crippen LogP contribution in [0.15, 0.2) is 12.1 Å². The van der Waals surface area contributed by atoms with Crippen molar-refractivity contribution >= 4 is 11.6 Å². The highest BCUT2D eigenvalue weighted by Crippen LogP contribution is 2.31. The number of pyridine rings is 1. The molecule has 1 saturated heterocycles. The van der Waals surface area contributed by atoms with Crippen LogP contribution in [0, 0.1) is 5.92 Å². The van der Waals surface area contributed by atoms with Crippen molar-refractivity contribution in [3.63, 3.8) is 0 Å². The second-order valence-electron chi connectivity index (χ2n) is 5.09. The number of nitrogens with zero attached hydrogens (tertiary/aromatic N) is 2. The van der Waals surface area contributed by atoms with Gasteiger partial charge in [-0.15, -0.1) is 0 Å². The third-order valence-corrected chi connectivity index (χ3v) is 3.56. The van der Waals surface area contributed by atoms with Crippen LogP contribution < -0.4 is 11.1 Å². The van der Waals surface area contributed by atoms with E-state index in [1.807, 2.05) is 0 Å². The fraction of sp³-hybridized carbons (Fsp3) is 0.615. The molecule has 1 atom stereocenters. The minimum Gasteiger partial charge on any atom is -0.384 e. The molecule has 0 aromatic carbocycles. The van der Waals surface area contributed by atoms with Gasteiger partial charge in [-0.05, 0) is 37.6 Å². The Hall–Kier alpha value is -1.50. The highest BCUT2D eigenvalue weighted by atomic mass is 19.4. The minimum atomic E-state index is -4.40. The molecule has 0 bridgehead atoms. The molecule has 1 aliphatic rings. The maximum atomic E-state index is 12.7. The molecule has 2 rings (SSSR count). The Labute approximate surface area is 116 Å². The normalized spacial score (nSPS) is 20.3. The molecule has 1 aromatic rings. The van der Waals surface area contributed by atoms with Gasteiger partial charge in [0.25, 0.3) is 0 Å². The topological polar surface area (TPSA) is 54.2 Å². The number of nitrogens with two attached hydrogens (primary N) is 1. The van der Waals surface area contributed by atoms with E-state index >= 15 is 0 Å². The maximum Gasteiger partial charge on any atom is 0.416 e. The first kappa shape index (κ1) is 14.9. The number of hydrogen-bond donors (Lipinski definition) is 2. The van der Waals surface area contributed by atoms with Crippen LogP contribution in [0.2, 0.25) is 0 Å². The van der Waals surface area contributed by atoms with Gasteiger partial charge in [0.05, 0.1) is 5.56 Å². The average molecular weight is 288 g/mol. The number of rotatable bonds is 4. The van der Waals surface area contributed by atoms with Crippen LogP contribution in [0.5, 0.6) is 0 Å². The Balaban J connectivity index is 1.98. The van der Waals surface area contributed by atoms with Crippen LogP contribution in [-0.2, 0) is 6.18 Å². The van der Waals surface area contributed by atoms with E-state index in [4.69, 9.17) is 5.73 Å². The summed E-state index contributed by atoms with van der Waals surface area (Å²) in [5, 5.41) is 2.97. The molecule has 0 aliphatic carbocycles. The molecule has 2 heterocycles. The second-order valence-corrected chi connectivity index (χ2v) is 5.09. The highest BCUT2D eigenvalue weighted by Gasteiger charge is 2.31. The molecule has 112 valence electrons. The Morgan fingerprint density at radius 3 is 2.80 bits per heavy atom. The lowest BCUT2D eigenvalue weighted by Crippen LogP contribution is -2.22. The number of hydrogen-bond acceptors (Lipinski definition) is 4. The lowest BCUT2D eigenvalue weighted by atomic mass is 10.1. The van der Waals surface area contributed by atoms with Gasteiger partial charge in [-0.2, -0.15) is 13.2 Å². The molecule has 0 radical (unpaired) electrons. The van der Waals surface area contributed by atoms with E-state index in [0.717, 1.165) is 38.2 Å². The summed E-state index contributed by atoms with van der Waals surface area (Å²) in [5.41, 5.74) is 4.65. The molecule has 0 amide bonds. The average Bonchev–Trinajstić information content (AvgIpc) is 2.82. The first-order valence-corrected chi connectivity index (χ1v) is 6.69. The number of aromatic nitrogens is 1. The van der Waals surface area contributed by atoms with Crippen LogP contribution in [0.3, 0.4) is 0 Å². The first-order valence-electron chi connectivity index (χ1n) is 6.69. The molecule has 0 spiro atoms. The van der Waals surface area contributed by atoms with E-state index in [1.54, 1.807) is 0 Å². The quantitative estimate of drug-likeness (QED) is 0.893. The predicted molar refractivity (Wildman–Crippen MR) is 72.4 cm³/mol. The van der Waals surface area contributed by atoms with Gasteiger partial charge in [-0.1, -0.05) is 6.92 Å². The lowest BCUT2D eigenvalue weighted by molar-refractivity contribution is -0.137. The van der Waals surface area contributed by atoms with Gasteiger partial charge in [-0.25, -0.2) is 4.98 Å². The van der Waals surface area contributed by atoms with Crippen molar-refractivity contribution in [2.45, 2.75) is 19.5 Å². The molecular weight excluding hydrogens is 269 g/mol. The van der Waals surface area contributed by atoms with Crippen LogP contribution >= 0.6 is 0 Å². The summed E-state index contributed by atoms with van der Waals surface area (Å²) in [4.78, 5) is 6.22. The summed E-state index contributed by atoms with van der Waals surface area (Å²) in [7, 11) is 0. The van der Waals surface area contributed by atoms with Gasteiger partial charge in [0.2, 0.25) is 0 Å². The number of alkyl halides is 3. The number of nitrogens with one attached hydrogen (secondary N) is 1. The molecule has 3 N–H and O–H groups in total. The van der Waals surface area contributed by atoms with Crippen molar-refractivity contribution in [2.24, 2.45) is 5.92 Å². The van der Waals surface area contributed by atoms with Crippen molar-refractivity contribution in [1.29, 1.82) is 0 Å². The predicted octanol–water partition coefficient (Wildman–Crippen LogP) is 2.44. The number of anilines is 2. The zero-order chi connectivity index (χ0) is 14.8. The summed E-state index contributed by atoms with van der Waals surface area (Å²) in [6, 6.07) is 1.85. The van der Waals surface area contributed by atoms with E-state index in [0.29, 0.717) is 12.5 Å². The van der Waals surface area contributed by atoms with Gasteiger partial charge in [-0.3, -0.25) is 0 Å². The molecule has 20 heavy (non-hydrogen) atoms. The van der Waals surface area contributed by atoms with E-state index in [9.17, 15) is 13.2 Å². The van der Waals surface area contributed by atoms with Crippen molar-refractivity contribution in [2.75, 3.05) is 37.2 Å². The fourth-order valence-corrected chi connectivity index (χ4v) is 2.42. The van der Waals surface area contributed by atoms with Gasteiger partial charge >= 0.3 is 6.18 Å². The van der Waals surface area contributed by atoms with Crippen LogP contribution in [0.4, 0.5) is 24.8 Å². The summed E-state index contributed by atoms with van der Waals surface area (Å²) >= 11 is 0. The fourth-order valence-electron chi connectivity index (χ4n) is 2.42. The molecule has 0 saturated carbocycles. The largest absolute Gasteiger partial charge is 0.416 e. The number of likely N-dealkylation sites (tertiary alicyclic amines) is 1. The third kappa shape index (κ3) is 3.75. The van der Waals surface area contributed by atoms with Crippen LogP contribution in [-0.4, -0.2) is 36.1 Å². The van der Waals surface area contributed by atoms with Crippen molar-refractivity contribution in [3.8, 4) is 0 Å². The van der Waals surface area contributed by atoms with Gasteiger partial charge < -0.3 is 16.0 Å². The smallest absolute Gasteiger partial charge is 0.384 e. The van der Waals surface area contributed by atoms with Crippen LogP contribution in [0.25, 0.3) is 0 Å². The number of nitrogen functional groups attached to an aromatic ring is 1. The summed E-state index contributed by atoms with van der Waals surface area (Å²) in [5.74, 6) is 0.503. The summed E-state index contributed by atoms with van der Waals surface area (Å²) < 4.78 is 38.0. The molecule has 1 unspecified atom stereocenters. The van der Waals surface area contributed by atoms with Crippen molar-refractivity contribution in [3.05, 3.63) is 17.7 Å². The molecular formula is C13H19F3N4. The van der Waals surface area contributed by atoms with Gasteiger partial charge in [0.15, 0.2) is 0 Å². The standard InChI is InChI=1S/C13H19F3N4/c1-2-20-4-3-9(8-20)7-18-12-6-10(13(14,15)16)5-11(17)19-12/h5-6,9H,2-4,7-8H2,1H3,(H3,17,18,19). The van der Waals surface area contributed by atoms with Crippen molar-refractivity contribution in [1.82, 2.24) is 9.88 Å². The number of halogens is 3. The molecule has 7 heteroatoms. The van der Waals surface area contributed by atoms with Crippen LogP contribution in [0.1, 0.15) is 18.9 Å². The SMILES string of the molecule is CCN1CCC(CNc2cc(C(F)(F)F)cc(N)n2)C1. The Kier molecular flexibility index (Phi) is 4.37. The Bertz CT molecular complexity index is 461. The van der Waals surface area contributed by atoms with E-state index < -0.39 is 11.7 Å².